The first kappa shape index (κ1) is 21.8. The molecule has 0 saturated carbocycles. The highest BCUT2D eigenvalue weighted by Crippen LogP contribution is 2.25. The van der Waals surface area contributed by atoms with Gasteiger partial charge in [0.05, 0.1) is 6.04 Å². The minimum Gasteiger partial charge on any atom is -0.341 e. The summed E-state index contributed by atoms with van der Waals surface area (Å²) in [7, 11) is 1.89. The fourth-order valence-corrected chi connectivity index (χ4v) is 4.77. The number of likely N-dealkylation sites (tertiary alicyclic amines) is 2. The molecule has 1 atom stereocenters. The van der Waals surface area contributed by atoms with E-state index in [4.69, 9.17) is 0 Å². The summed E-state index contributed by atoms with van der Waals surface area (Å²) in [4.78, 5) is 31.7. The fraction of sp³-hybridized carbons (Fsp3) is 0.667. The van der Waals surface area contributed by atoms with Crippen LogP contribution in [0, 0.1) is 5.92 Å². The number of hydrogen-bond donors (Lipinski definition) is 0. The standard InChI is InChI=1S/C24H37N3O2/c1-3-26-16-8-7-11-22(26)24(29)27-17-14-20(15-18-27)12-13-23(28)25(2)19-21-9-5-4-6-10-21/h4-6,9-10,20,22H,3,7-8,11-19H2,1-2H3/t22-/m1/s1. The summed E-state index contributed by atoms with van der Waals surface area (Å²) in [6.45, 7) is 6.55. The first-order chi connectivity index (χ1) is 14.1. The van der Waals surface area contributed by atoms with Crippen molar-refractivity contribution in [3.63, 3.8) is 0 Å². The largest absolute Gasteiger partial charge is 0.341 e. The lowest BCUT2D eigenvalue weighted by Gasteiger charge is -2.39. The van der Waals surface area contributed by atoms with Crippen molar-refractivity contribution in [3.05, 3.63) is 35.9 Å². The molecule has 1 aromatic carbocycles. The van der Waals surface area contributed by atoms with E-state index in [0.29, 0.717) is 24.8 Å². The minimum atomic E-state index is 0.0958. The van der Waals surface area contributed by atoms with Crippen LogP contribution in [0.25, 0.3) is 0 Å². The third-order valence-corrected chi connectivity index (χ3v) is 6.69. The second kappa shape index (κ2) is 10.8. The van der Waals surface area contributed by atoms with Gasteiger partial charge in [0.2, 0.25) is 11.8 Å². The molecule has 2 amide bonds. The molecule has 0 aromatic heterocycles. The van der Waals surface area contributed by atoms with Crippen molar-refractivity contribution in [2.75, 3.05) is 33.2 Å². The molecular weight excluding hydrogens is 362 g/mol. The molecule has 2 aliphatic heterocycles. The normalized spacial score (nSPS) is 21.2. The van der Waals surface area contributed by atoms with Crippen LogP contribution in [0.3, 0.4) is 0 Å². The van der Waals surface area contributed by atoms with E-state index in [9.17, 15) is 9.59 Å². The molecule has 2 saturated heterocycles. The van der Waals surface area contributed by atoms with E-state index in [1.54, 1.807) is 0 Å². The number of nitrogens with zero attached hydrogens (tertiary/aromatic N) is 3. The van der Waals surface area contributed by atoms with E-state index in [0.717, 1.165) is 51.9 Å². The first-order valence-electron chi connectivity index (χ1n) is 11.4. The van der Waals surface area contributed by atoms with E-state index in [1.807, 2.05) is 30.1 Å². The Morgan fingerprint density at radius 1 is 1.03 bits per heavy atom. The van der Waals surface area contributed by atoms with Gasteiger partial charge in [0.1, 0.15) is 0 Å². The molecule has 1 aromatic rings. The minimum absolute atomic E-state index is 0.0958. The van der Waals surface area contributed by atoms with Gasteiger partial charge >= 0.3 is 0 Å². The van der Waals surface area contributed by atoms with Gasteiger partial charge in [-0.25, -0.2) is 0 Å². The maximum absolute atomic E-state index is 13.0. The molecule has 160 valence electrons. The highest BCUT2D eigenvalue weighted by Gasteiger charge is 2.32. The summed E-state index contributed by atoms with van der Waals surface area (Å²) < 4.78 is 0. The van der Waals surface area contributed by atoms with Gasteiger partial charge in [-0.2, -0.15) is 0 Å². The average molecular weight is 400 g/mol. The zero-order chi connectivity index (χ0) is 20.6. The molecule has 2 aliphatic rings. The summed E-state index contributed by atoms with van der Waals surface area (Å²) in [5, 5.41) is 0. The zero-order valence-corrected chi connectivity index (χ0v) is 18.2. The Morgan fingerprint density at radius 3 is 2.45 bits per heavy atom. The Kier molecular flexibility index (Phi) is 8.10. The van der Waals surface area contributed by atoms with Crippen LogP contribution in [0.4, 0.5) is 0 Å². The fourth-order valence-electron chi connectivity index (χ4n) is 4.77. The number of likely N-dealkylation sites (N-methyl/N-ethyl adjacent to an activating group) is 1. The SMILES string of the molecule is CCN1CCCC[C@@H]1C(=O)N1CCC(CCC(=O)N(C)Cc2ccccc2)CC1. The molecule has 5 nitrogen and oxygen atoms in total. The van der Waals surface area contributed by atoms with Crippen molar-refractivity contribution < 1.29 is 9.59 Å². The van der Waals surface area contributed by atoms with Crippen LogP contribution < -0.4 is 0 Å². The Hall–Kier alpha value is -1.88. The number of hydrogen-bond acceptors (Lipinski definition) is 3. The molecule has 0 unspecified atom stereocenters. The van der Waals surface area contributed by atoms with Gasteiger partial charge in [-0.05, 0) is 56.7 Å². The van der Waals surface area contributed by atoms with Gasteiger partial charge in [-0.15, -0.1) is 0 Å². The molecule has 0 N–H and O–H groups in total. The summed E-state index contributed by atoms with van der Waals surface area (Å²) in [6, 6.07) is 10.2. The van der Waals surface area contributed by atoms with Gasteiger partial charge in [0, 0.05) is 33.1 Å². The predicted molar refractivity (Wildman–Crippen MR) is 116 cm³/mol. The molecule has 3 rings (SSSR count). The Labute approximate surface area is 176 Å². The van der Waals surface area contributed by atoms with Crippen molar-refractivity contribution in [1.29, 1.82) is 0 Å². The van der Waals surface area contributed by atoms with Crippen LogP contribution >= 0.6 is 0 Å². The van der Waals surface area contributed by atoms with Gasteiger partial charge in [-0.1, -0.05) is 43.7 Å². The third-order valence-electron chi connectivity index (χ3n) is 6.69. The van der Waals surface area contributed by atoms with Crippen molar-refractivity contribution in [2.45, 2.75) is 64.5 Å². The highest BCUT2D eigenvalue weighted by atomic mass is 16.2. The van der Waals surface area contributed by atoms with E-state index >= 15 is 0 Å². The summed E-state index contributed by atoms with van der Waals surface area (Å²) in [5.74, 6) is 1.11. The molecule has 0 spiro atoms. The van der Waals surface area contributed by atoms with Crippen molar-refractivity contribution in [2.24, 2.45) is 5.92 Å². The van der Waals surface area contributed by atoms with E-state index < -0.39 is 0 Å². The van der Waals surface area contributed by atoms with Crippen LogP contribution in [0.15, 0.2) is 30.3 Å². The number of carbonyl (C=O) groups is 2. The number of carbonyl (C=O) groups excluding carboxylic acids is 2. The number of rotatable bonds is 7. The summed E-state index contributed by atoms with van der Waals surface area (Å²) in [6.07, 6.45) is 6.99. The monoisotopic (exact) mass is 399 g/mol. The van der Waals surface area contributed by atoms with Crippen LogP contribution in [0.2, 0.25) is 0 Å². The van der Waals surface area contributed by atoms with Crippen molar-refractivity contribution in [1.82, 2.24) is 14.7 Å². The van der Waals surface area contributed by atoms with Crippen LogP contribution in [0.1, 0.15) is 57.4 Å². The number of piperidine rings is 2. The van der Waals surface area contributed by atoms with Gasteiger partial charge < -0.3 is 9.80 Å². The predicted octanol–water partition coefficient (Wildman–Crippen LogP) is 3.54. The van der Waals surface area contributed by atoms with Crippen LogP contribution in [-0.4, -0.2) is 65.8 Å². The molecule has 0 bridgehead atoms. The molecular formula is C24H37N3O2. The molecule has 2 fully saturated rings. The quantitative estimate of drug-likeness (QED) is 0.704. The summed E-state index contributed by atoms with van der Waals surface area (Å²) >= 11 is 0. The topological polar surface area (TPSA) is 43.9 Å². The van der Waals surface area contributed by atoms with E-state index in [-0.39, 0.29) is 11.9 Å². The number of benzene rings is 1. The highest BCUT2D eigenvalue weighted by molar-refractivity contribution is 5.82. The number of amides is 2. The maximum atomic E-state index is 13.0. The molecule has 29 heavy (non-hydrogen) atoms. The van der Waals surface area contributed by atoms with E-state index in [2.05, 4.69) is 28.9 Å². The smallest absolute Gasteiger partial charge is 0.239 e. The van der Waals surface area contributed by atoms with Crippen LogP contribution in [-0.2, 0) is 16.1 Å². The first-order valence-corrected chi connectivity index (χ1v) is 11.4. The lowest BCUT2D eigenvalue weighted by atomic mass is 9.91. The molecule has 0 radical (unpaired) electrons. The zero-order valence-electron chi connectivity index (χ0n) is 18.2. The second-order valence-corrected chi connectivity index (χ2v) is 8.68. The second-order valence-electron chi connectivity index (χ2n) is 8.68. The van der Waals surface area contributed by atoms with E-state index in [1.165, 1.54) is 18.4 Å². The maximum Gasteiger partial charge on any atom is 0.239 e. The van der Waals surface area contributed by atoms with Crippen molar-refractivity contribution >= 4 is 11.8 Å². The van der Waals surface area contributed by atoms with Gasteiger partial charge in [0.15, 0.2) is 0 Å². The van der Waals surface area contributed by atoms with Crippen molar-refractivity contribution in [3.8, 4) is 0 Å². The van der Waals surface area contributed by atoms with Gasteiger partial charge in [0.25, 0.3) is 0 Å². The van der Waals surface area contributed by atoms with Gasteiger partial charge in [-0.3, -0.25) is 14.5 Å². The third kappa shape index (κ3) is 6.05. The lowest BCUT2D eigenvalue weighted by Crippen LogP contribution is -2.52. The Bertz CT molecular complexity index is 655. The Morgan fingerprint density at radius 2 is 1.76 bits per heavy atom. The molecule has 0 aliphatic carbocycles. The molecule has 2 heterocycles. The molecule has 5 heteroatoms. The Balaban J connectivity index is 1.39. The lowest BCUT2D eigenvalue weighted by molar-refractivity contribution is -0.140. The van der Waals surface area contributed by atoms with Crippen LogP contribution in [0.5, 0.6) is 0 Å². The average Bonchev–Trinajstić information content (AvgIpc) is 2.78. The summed E-state index contributed by atoms with van der Waals surface area (Å²) in [5.41, 5.74) is 1.17.